The van der Waals surface area contributed by atoms with Gasteiger partial charge in [-0.2, -0.15) is 13.2 Å². The zero-order valence-electron chi connectivity index (χ0n) is 10.1. The molecule has 1 heterocycles. The molecule has 0 fully saturated rings. The molecule has 0 aliphatic heterocycles. The molecule has 0 atom stereocenters. The Bertz CT molecular complexity index is 583. The van der Waals surface area contributed by atoms with Gasteiger partial charge in [-0.25, -0.2) is 14.8 Å². The van der Waals surface area contributed by atoms with Crippen molar-refractivity contribution in [2.24, 2.45) is 0 Å². The van der Waals surface area contributed by atoms with Gasteiger partial charge < -0.3 is 4.74 Å². The second kappa shape index (κ2) is 5.68. The van der Waals surface area contributed by atoms with Crippen LogP contribution in [-0.2, 0) is 17.5 Å². The van der Waals surface area contributed by atoms with Crippen LogP contribution < -0.4 is 0 Å². The van der Waals surface area contributed by atoms with E-state index in [0.29, 0.717) is 5.56 Å². The topological polar surface area (TPSA) is 52.1 Å². The molecule has 0 N–H and O–H groups in total. The summed E-state index contributed by atoms with van der Waals surface area (Å²) in [5.74, 6) is -0.829. The Labute approximate surface area is 112 Å². The van der Waals surface area contributed by atoms with E-state index in [-0.39, 0.29) is 12.4 Å². The summed E-state index contributed by atoms with van der Waals surface area (Å²) in [7, 11) is 0. The Morgan fingerprint density at radius 1 is 1.10 bits per heavy atom. The molecule has 0 radical (unpaired) electrons. The first-order valence-corrected chi connectivity index (χ1v) is 5.57. The molecule has 104 valence electrons. The molecule has 0 saturated carbocycles. The first-order valence-electron chi connectivity index (χ1n) is 5.57. The highest BCUT2D eigenvalue weighted by molar-refractivity contribution is 5.84. The van der Waals surface area contributed by atoms with Crippen LogP contribution in [0.15, 0.2) is 42.7 Å². The monoisotopic (exact) mass is 282 g/mol. The fourth-order valence-corrected chi connectivity index (χ4v) is 1.41. The number of alkyl halides is 3. The molecule has 1 aromatic carbocycles. The Hall–Kier alpha value is -2.44. The molecule has 0 saturated heterocycles. The fraction of sp³-hybridized carbons (Fsp3) is 0.154. The lowest BCUT2D eigenvalue weighted by Crippen LogP contribution is -2.09. The van der Waals surface area contributed by atoms with Crippen molar-refractivity contribution in [2.45, 2.75) is 12.8 Å². The van der Waals surface area contributed by atoms with Crippen LogP contribution in [-0.4, -0.2) is 15.9 Å². The molecule has 2 rings (SSSR count). The maximum absolute atomic E-state index is 12.4. The summed E-state index contributed by atoms with van der Waals surface area (Å²) in [5, 5.41) is 0. The van der Waals surface area contributed by atoms with E-state index in [4.69, 9.17) is 4.74 Å². The Balaban J connectivity index is 1.96. The van der Waals surface area contributed by atoms with Gasteiger partial charge in [0.15, 0.2) is 0 Å². The van der Waals surface area contributed by atoms with Crippen molar-refractivity contribution in [3.63, 3.8) is 0 Å². The molecule has 1 aromatic heterocycles. The molecule has 0 spiro atoms. The van der Waals surface area contributed by atoms with E-state index in [0.717, 1.165) is 12.1 Å². The molecule has 0 aliphatic rings. The number of carbonyl (C=O) groups is 1. The maximum Gasteiger partial charge on any atom is 0.416 e. The average molecular weight is 282 g/mol. The fourth-order valence-electron chi connectivity index (χ4n) is 1.41. The number of aromatic nitrogens is 2. The third-order valence-corrected chi connectivity index (χ3v) is 2.40. The van der Waals surface area contributed by atoms with Crippen molar-refractivity contribution in [1.29, 1.82) is 0 Å². The zero-order valence-corrected chi connectivity index (χ0v) is 10.1. The first kappa shape index (κ1) is 14.0. The van der Waals surface area contributed by atoms with Crippen LogP contribution in [0.2, 0.25) is 0 Å². The molecule has 0 aliphatic carbocycles. The summed E-state index contributed by atoms with van der Waals surface area (Å²) < 4.78 is 42.0. The quantitative estimate of drug-likeness (QED) is 0.812. The van der Waals surface area contributed by atoms with Crippen molar-refractivity contribution < 1.29 is 22.7 Å². The van der Waals surface area contributed by atoms with Gasteiger partial charge >= 0.3 is 12.1 Å². The summed E-state index contributed by atoms with van der Waals surface area (Å²) in [5.41, 5.74) is -0.304. The van der Waals surface area contributed by atoms with Crippen LogP contribution in [0.25, 0.3) is 0 Å². The van der Waals surface area contributed by atoms with Crippen molar-refractivity contribution in [2.75, 3.05) is 0 Å². The molecular formula is C13H9F3N2O2. The molecule has 7 heteroatoms. The summed E-state index contributed by atoms with van der Waals surface area (Å²) in [6.45, 7) is -0.144. The van der Waals surface area contributed by atoms with Crippen LogP contribution in [0.4, 0.5) is 13.2 Å². The van der Waals surface area contributed by atoms with Crippen molar-refractivity contribution in [1.82, 2.24) is 9.97 Å². The van der Waals surface area contributed by atoms with Crippen LogP contribution in [0.5, 0.6) is 0 Å². The number of nitrogens with zero attached hydrogens (tertiary/aromatic N) is 2. The summed E-state index contributed by atoms with van der Waals surface area (Å²) in [6, 6.07) is 5.92. The van der Waals surface area contributed by atoms with Gasteiger partial charge in [-0.3, -0.25) is 0 Å². The third-order valence-electron chi connectivity index (χ3n) is 2.40. The smallest absolute Gasteiger partial charge is 0.416 e. The second-order valence-electron chi connectivity index (χ2n) is 3.84. The van der Waals surface area contributed by atoms with E-state index in [1.165, 1.54) is 24.5 Å². The van der Waals surface area contributed by atoms with Gasteiger partial charge in [0.05, 0.1) is 5.56 Å². The summed E-state index contributed by atoms with van der Waals surface area (Å²) in [6.07, 6.45) is -1.60. The largest absolute Gasteiger partial charge is 0.455 e. The van der Waals surface area contributed by atoms with Gasteiger partial charge in [-0.1, -0.05) is 12.1 Å². The van der Waals surface area contributed by atoms with E-state index < -0.39 is 17.7 Å². The second-order valence-corrected chi connectivity index (χ2v) is 3.84. The summed E-state index contributed by atoms with van der Waals surface area (Å²) >= 11 is 0. The minimum atomic E-state index is -4.38. The minimum Gasteiger partial charge on any atom is -0.455 e. The number of rotatable bonds is 3. The first-order chi connectivity index (χ1) is 9.47. The van der Waals surface area contributed by atoms with Crippen LogP contribution in [0.3, 0.4) is 0 Å². The molecule has 0 amide bonds. The van der Waals surface area contributed by atoms with Gasteiger partial charge in [0.25, 0.3) is 0 Å². The highest BCUT2D eigenvalue weighted by atomic mass is 19.4. The molecule has 20 heavy (non-hydrogen) atoms. The predicted molar refractivity (Wildman–Crippen MR) is 62.6 cm³/mol. The lowest BCUT2D eigenvalue weighted by atomic mass is 10.1. The van der Waals surface area contributed by atoms with Crippen molar-refractivity contribution >= 4 is 5.97 Å². The average Bonchev–Trinajstić information content (AvgIpc) is 2.45. The van der Waals surface area contributed by atoms with E-state index in [1.807, 2.05) is 0 Å². The number of ether oxygens (including phenoxy) is 1. The van der Waals surface area contributed by atoms with Gasteiger partial charge in [0.2, 0.25) is 5.82 Å². The molecule has 0 unspecified atom stereocenters. The molecular weight excluding hydrogens is 273 g/mol. The van der Waals surface area contributed by atoms with Crippen molar-refractivity contribution in [3.8, 4) is 0 Å². The van der Waals surface area contributed by atoms with Crippen LogP contribution >= 0.6 is 0 Å². The maximum atomic E-state index is 12.4. The number of hydrogen-bond acceptors (Lipinski definition) is 4. The van der Waals surface area contributed by atoms with E-state index in [1.54, 1.807) is 6.07 Å². The third kappa shape index (κ3) is 3.53. The van der Waals surface area contributed by atoms with E-state index in [9.17, 15) is 18.0 Å². The van der Waals surface area contributed by atoms with Gasteiger partial charge in [-0.15, -0.1) is 0 Å². The standard InChI is InChI=1S/C13H9F3N2O2/c14-13(15,16)10-4-2-9(3-5-10)8-20-12(19)11-17-6-1-7-18-11/h1-7H,8H2. The zero-order chi connectivity index (χ0) is 14.6. The van der Waals surface area contributed by atoms with Gasteiger partial charge in [-0.05, 0) is 23.8 Å². The lowest BCUT2D eigenvalue weighted by molar-refractivity contribution is -0.137. The predicted octanol–water partition coefficient (Wildman–Crippen LogP) is 2.85. The molecule has 4 nitrogen and oxygen atoms in total. The SMILES string of the molecule is O=C(OCc1ccc(C(F)(F)F)cc1)c1ncccn1. The van der Waals surface area contributed by atoms with Gasteiger partial charge in [0.1, 0.15) is 6.61 Å². The normalized spacial score (nSPS) is 11.2. The Kier molecular flexibility index (Phi) is 3.97. The van der Waals surface area contributed by atoms with E-state index in [2.05, 4.69) is 9.97 Å². The van der Waals surface area contributed by atoms with Crippen molar-refractivity contribution in [3.05, 3.63) is 59.7 Å². The molecule has 0 bridgehead atoms. The highest BCUT2D eigenvalue weighted by Gasteiger charge is 2.29. The minimum absolute atomic E-state index is 0.0978. The number of esters is 1. The number of benzene rings is 1. The Morgan fingerprint density at radius 3 is 2.25 bits per heavy atom. The van der Waals surface area contributed by atoms with E-state index >= 15 is 0 Å². The Morgan fingerprint density at radius 2 is 1.70 bits per heavy atom. The van der Waals surface area contributed by atoms with Crippen LogP contribution in [0.1, 0.15) is 21.7 Å². The highest BCUT2D eigenvalue weighted by Crippen LogP contribution is 2.29. The number of carbonyl (C=O) groups excluding carboxylic acids is 1. The van der Waals surface area contributed by atoms with Crippen LogP contribution in [0, 0.1) is 0 Å². The number of halogens is 3. The van der Waals surface area contributed by atoms with Gasteiger partial charge in [0, 0.05) is 12.4 Å². The summed E-state index contributed by atoms with van der Waals surface area (Å²) in [4.78, 5) is 18.9. The lowest BCUT2D eigenvalue weighted by Gasteiger charge is -2.08. The number of hydrogen-bond donors (Lipinski definition) is 0. The molecule has 2 aromatic rings.